The fourth-order valence-electron chi connectivity index (χ4n) is 2.29. The summed E-state index contributed by atoms with van der Waals surface area (Å²) in [5.74, 6) is -0.230. The summed E-state index contributed by atoms with van der Waals surface area (Å²) in [6.07, 6.45) is 2.87. The molecule has 3 rings (SSSR count). The number of nitrogens with zero attached hydrogens (tertiary/aromatic N) is 2. The van der Waals surface area contributed by atoms with Gasteiger partial charge in [0.05, 0.1) is 20.6 Å². The minimum Gasteiger partial charge on any atom is -0.331 e. The van der Waals surface area contributed by atoms with Crippen LogP contribution < -0.4 is 0 Å². The van der Waals surface area contributed by atoms with Crippen LogP contribution in [0.4, 0.5) is 4.39 Å². The Kier molecular flexibility index (Phi) is 4.15. The van der Waals surface area contributed by atoms with Crippen LogP contribution in [-0.4, -0.2) is 14.5 Å². The number of fused-ring (bicyclic) bond motifs is 1. The molecular weight excluding hydrogens is 420 g/mol. The lowest BCUT2D eigenvalue weighted by Crippen LogP contribution is -2.06. The normalized spacial score (nSPS) is 13.0. The smallest absolute Gasteiger partial charge is 0.178 e. The Balaban J connectivity index is 2.17. The van der Waals surface area contributed by atoms with Crippen molar-refractivity contribution in [3.8, 4) is 0 Å². The van der Waals surface area contributed by atoms with E-state index in [1.54, 1.807) is 17.4 Å². The number of rotatable bonds is 3. The second-order valence-corrected chi connectivity index (χ2v) is 7.47. The average molecular weight is 433 g/mol. The zero-order valence-corrected chi connectivity index (χ0v) is 15.3. The third-order valence-electron chi connectivity index (χ3n) is 3.42. The monoisotopic (exact) mass is 433 g/mol. The molecule has 1 atom stereocenters. The van der Waals surface area contributed by atoms with Gasteiger partial charge in [0.2, 0.25) is 0 Å². The number of hydrogen-bond donors (Lipinski definition) is 1. The molecule has 0 aliphatic rings. The van der Waals surface area contributed by atoms with E-state index < -0.39 is 0 Å². The highest BCUT2D eigenvalue weighted by Crippen LogP contribution is 2.29. The molecule has 0 aliphatic heterocycles. The van der Waals surface area contributed by atoms with Crippen LogP contribution in [0.2, 0.25) is 0 Å². The fraction of sp³-hybridized carbons (Fsp3) is 0.286. The summed E-state index contributed by atoms with van der Waals surface area (Å²) in [4.78, 5) is 8.86. The van der Waals surface area contributed by atoms with E-state index in [4.69, 9.17) is 12.2 Å². The number of benzene rings is 1. The molecule has 0 saturated carbocycles. The van der Waals surface area contributed by atoms with Gasteiger partial charge in [-0.15, -0.1) is 11.3 Å². The molecule has 1 N–H and O–H groups in total. The van der Waals surface area contributed by atoms with Gasteiger partial charge in [0.1, 0.15) is 10.8 Å². The molecule has 0 radical (unpaired) electrons. The van der Waals surface area contributed by atoms with Crippen molar-refractivity contribution in [3.05, 3.63) is 42.4 Å². The third-order valence-corrected chi connectivity index (χ3v) is 5.86. The van der Waals surface area contributed by atoms with Crippen LogP contribution in [0.1, 0.15) is 29.8 Å². The largest absolute Gasteiger partial charge is 0.331 e. The van der Waals surface area contributed by atoms with Crippen LogP contribution in [0.3, 0.4) is 0 Å². The maximum atomic E-state index is 13.9. The molecule has 0 fully saturated rings. The predicted molar refractivity (Wildman–Crippen MR) is 95.1 cm³/mol. The number of aromatic amines is 1. The molecular formula is C14H13FIN3S2. The van der Waals surface area contributed by atoms with Crippen molar-refractivity contribution in [2.75, 3.05) is 0 Å². The lowest BCUT2D eigenvalue weighted by molar-refractivity contribution is 0.615. The van der Waals surface area contributed by atoms with Gasteiger partial charge in [-0.3, -0.25) is 0 Å². The highest BCUT2D eigenvalue weighted by atomic mass is 127. The molecule has 3 nitrogen and oxygen atoms in total. The highest BCUT2D eigenvalue weighted by molar-refractivity contribution is 14.1. The van der Waals surface area contributed by atoms with Gasteiger partial charge in [-0.25, -0.2) is 9.37 Å². The lowest BCUT2D eigenvalue weighted by Gasteiger charge is -2.12. The quantitative estimate of drug-likeness (QED) is 0.462. The van der Waals surface area contributed by atoms with Gasteiger partial charge in [0.15, 0.2) is 4.77 Å². The van der Waals surface area contributed by atoms with Crippen molar-refractivity contribution in [1.82, 2.24) is 14.5 Å². The maximum Gasteiger partial charge on any atom is 0.178 e. The molecule has 1 aromatic carbocycles. The summed E-state index contributed by atoms with van der Waals surface area (Å²) in [7, 11) is 0. The number of halogens is 2. The predicted octanol–water partition coefficient (Wildman–Crippen LogP) is 5.07. The summed E-state index contributed by atoms with van der Waals surface area (Å²) in [5.41, 5.74) is 1.63. The molecule has 3 aromatic rings. The van der Waals surface area contributed by atoms with Crippen LogP contribution in [0.25, 0.3) is 11.0 Å². The van der Waals surface area contributed by atoms with Crippen molar-refractivity contribution in [2.45, 2.75) is 26.3 Å². The first-order chi connectivity index (χ1) is 10.0. The molecule has 0 spiro atoms. The standard InChI is InChI=1S/C14H13FIN3S2/c1-3-8-6-17-13(21-8)7(2)19-12-4-9(15)10(16)5-11(12)18-14(19)20/h4-7H,3H2,1-2H3,(H,18,20). The highest BCUT2D eigenvalue weighted by Gasteiger charge is 2.17. The number of aryl methyl sites for hydroxylation is 1. The Morgan fingerprint density at radius 2 is 2.29 bits per heavy atom. The van der Waals surface area contributed by atoms with E-state index in [9.17, 15) is 4.39 Å². The Morgan fingerprint density at radius 1 is 1.52 bits per heavy atom. The fourth-order valence-corrected chi connectivity index (χ4v) is 4.03. The van der Waals surface area contributed by atoms with Gasteiger partial charge >= 0.3 is 0 Å². The number of nitrogens with one attached hydrogen (secondary N) is 1. The average Bonchev–Trinajstić information content (AvgIpc) is 3.03. The Bertz CT molecular complexity index is 865. The number of H-pyrrole nitrogens is 1. The summed E-state index contributed by atoms with van der Waals surface area (Å²) in [6.45, 7) is 4.15. The molecule has 21 heavy (non-hydrogen) atoms. The van der Waals surface area contributed by atoms with E-state index in [1.807, 2.05) is 40.3 Å². The number of imidazole rings is 1. The van der Waals surface area contributed by atoms with Crippen LogP contribution in [0, 0.1) is 14.2 Å². The molecule has 0 bridgehead atoms. The zero-order chi connectivity index (χ0) is 15.1. The minimum atomic E-state index is -0.230. The topological polar surface area (TPSA) is 33.6 Å². The molecule has 2 aromatic heterocycles. The summed E-state index contributed by atoms with van der Waals surface area (Å²) < 4.78 is 17.0. The first-order valence-corrected chi connectivity index (χ1v) is 8.85. The molecule has 2 heterocycles. The maximum absolute atomic E-state index is 13.9. The van der Waals surface area contributed by atoms with Gasteiger partial charge in [0.25, 0.3) is 0 Å². The molecule has 110 valence electrons. The first-order valence-electron chi connectivity index (χ1n) is 6.55. The third kappa shape index (κ3) is 2.66. The van der Waals surface area contributed by atoms with E-state index in [1.165, 1.54) is 10.9 Å². The van der Waals surface area contributed by atoms with E-state index in [0.717, 1.165) is 22.5 Å². The zero-order valence-electron chi connectivity index (χ0n) is 11.5. The molecule has 0 aliphatic carbocycles. The summed E-state index contributed by atoms with van der Waals surface area (Å²) >= 11 is 9.07. The van der Waals surface area contributed by atoms with Crippen LogP contribution in [0.5, 0.6) is 0 Å². The van der Waals surface area contributed by atoms with E-state index in [2.05, 4.69) is 16.9 Å². The van der Waals surface area contributed by atoms with Crippen molar-refractivity contribution in [2.24, 2.45) is 0 Å². The lowest BCUT2D eigenvalue weighted by atomic mass is 10.2. The molecule has 7 heteroatoms. The van der Waals surface area contributed by atoms with E-state index in [0.29, 0.717) is 8.34 Å². The first kappa shape index (κ1) is 15.1. The summed E-state index contributed by atoms with van der Waals surface area (Å²) in [5, 5.41) is 0.989. The number of thiazole rings is 1. The molecule has 1 unspecified atom stereocenters. The van der Waals surface area contributed by atoms with Gasteiger partial charge in [0, 0.05) is 17.1 Å². The summed E-state index contributed by atoms with van der Waals surface area (Å²) in [6, 6.07) is 3.30. The van der Waals surface area contributed by atoms with Gasteiger partial charge in [-0.05, 0) is 54.2 Å². The van der Waals surface area contributed by atoms with Crippen LogP contribution in [-0.2, 0) is 6.42 Å². The van der Waals surface area contributed by atoms with Gasteiger partial charge < -0.3 is 9.55 Å². The second-order valence-electron chi connectivity index (χ2n) is 4.78. The van der Waals surface area contributed by atoms with Crippen molar-refractivity contribution in [1.29, 1.82) is 0 Å². The molecule has 0 amide bonds. The van der Waals surface area contributed by atoms with E-state index >= 15 is 0 Å². The molecule has 0 saturated heterocycles. The van der Waals surface area contributed by atoms with Crippen molar-refractivity contribution < 1.29 is 4.39 Å². The second kappa shape index (κ2) is 5.77. The van der Waals surface area contributed by atoms with E-state index in [-0.39, 0.29) is 11.9 Å². The minimum absolute atomic E-state index is 0.0176. The van der Waals surface area contributed by atoms with Crippen LogP contribution >= 0.6 is 46.1 Å². The Labute approximate surface area is 144 Å². The number of hydrogen-bond acceptors (Lipinski definition) is 3. The van der Waals surface area contributed by atoms with Crippen molar-refractivity contribution in [3.63, 3.8) is 0 Å². The Hall–Kier alpha value is -0.800. The van der Waals surface area contributed by atoms with Crippen LogP contribution in [0.15, 0.2) is 18.3 Å². The van der Waals surface area contributed by atoms with Gasteiger partial charge in [-0.1, -0.05) is 6.92 Å². The van der Waals surface area contributed by atoms with Gasteiger partial charge in [-0.2, -0.15) is 0 Å². The van der Waals surface area contributed by atoms with Crippen molar-refractivity contribution >= 4 is 57.2 Å². The number of aromatic nitrogens is 3. The Morgan fingerprint density at radius 3 is 2.95 bits per heavy atom. The SMILES string of the molecule is CCc1cnc(C(C)n2c(=S)[nH]c3cc(I)c(F)cc32)s1.